The van der Waals surface area contributed by atoms with Gasteiger partial charge >= 0.3 is 12.0 Å². The van der Waals surface area contributed by atoms with Crippen LogP contribution in [0, 0.1) is 11.8 Å². The summed E-state index contributed by atoms with van der Waals surface area (Å²) in [6.45, 7) is 6.97. The highest BCUT2D eigenvalue weighted by Crippen LogP contribution is 2.16. The summed E-state index contributed by atoms with van der Waals surface area (Å²) < 4.78 is 0. The first-order valence-electron chi connectivity index (χ1n) is 13.1. The molecule has 0 aromatic heterocycles. The monoisotopic (exact) mass is 512 g/mol. The van der Waals surface area contributed by atoms with E-state index >= 15 is 0 Å². The summed E-state index contributed by atoms with van der Waals surface area (Å²) in [6.07, 6.45) is 4.36. The summed E-state index contributed by atoms with van der Waals surface area (Å²) in [4.78, 5) is 35.1. The van der Waals surface area contributed by atoms with Crippen LogP contribution in [-0.4, -0.2) is 23.4 Å². The molecule has 0 radical (unpaired) electrons. The van der Waals surface area contributed by atoms with E-state index in [-0.39, 0.29) is 6.03 Å². The van der Waals surface area contributed by atoms with Gasteiger partial charge in [-0.1, -0.05) is 68.5 Å². The number of nitrogens with zero attached hydrogens (tertiary/aromatic N) is 1. The average molecular weight is 513 g/mol. The van der Waals surface area contributed by atoms with Crippen LogP contribution in [0.3, 0.4) is 0 Å². The van der Waals surface area contributed by atoms with Gasteiger partial charge in [-0.05, 0) is 72.4 Å². The normalized spacial score (nSPS) is 10.2. The summed E-state index contributed by atoms with van der Waals surface area (Å²) in [5.74, 6) is 6.35. The largest absolute Gasteiger partial charge is 0.352 e. The maximum absolute atomic E-state index is 12.9. The van der Waals surface area contributed by atoms with Gasteiger partial charge in [-0.25, -0.2) is 9.59 Å². The second-order valence-corrected chi connectivity index (χ2v) is 9.14. The standard InChI is InChI=1S/C32H36N2O4/c1-4-6-7-26-8-10-27(11-9-26)12-13-28-14-16-29(17-15-28)23-34(32(36)33-22-5-2)24-30-18-20-31(21-19-30)38-37-25(3)35/h8-11,14-21H,4-7,22-24H2,1-3H3,(H,33,36). The van der Waals surface area contributed by atoms with E-state index in [2.05, 4.69) is 53.2 Å². The second kappa shape index (κ2) is 15.1. The van der Waals surface area contributed by atoms with Crippen LogP contribution in [-0.2, 0) is 29.2 Å². The van der Waals surface area contributed by atoms with Crippen molar-refractivity contribution in [2.75, 3.05) is 6.54 Å². The van der Waals surface area contributed by atoms with E-state index in [0.717, 1.165) is 35.1 Å². The molecule has 0 saturated heterocycles. The molecule has 3 aromatic rings. The Morgan fingerprint density at radius 1 is 0.763 bits per heavy atom. The van der Waals surface area contributed by atoms with E-state index in [1.165, 1.54) is 25.3 Å². The van der Waals surface area contributed by atoms with Crippen molar-refractivity contribution in [3.05, 3.63) is 101 Å². The molecule has 0 atom stereocenters. The Labute approximate surface area is 225 Å². The number of carbonyl (C=O) groups excluding carboxylic acids is 2. The molecule has 0 fully saturated rings. The highest BCUT2D eigenvalue weighted by Gasteiger charge is 2.14. The van der Waals surface area contributed by atoms with Crippen molar-refractivity contribution in [2.24, 2.45) is 0 Å². The summed E-state index contributed by atoms with van der Waals surface area (Å²) in [5.41, 5.74) is 5.21. The molecule has 0 saturated carbocycles. The molecule has 0 unspecified atom stereocenters. The summed E-state index contributed by atoms with van der Waals surface area (Å²) in [5, 5.41) is 2.96. The number of nitrogens with one attached hydrogen (secondary N) is 1. The van der Waals surface area contributed by atoms with Gasteiger partial charge in [-0.15, -0.1) is 0 Å². The number of unbranched alkanes of at least 4 members (excludes halogenated alkanes) is 1. The van der Waals surface area contributed by atoms with Crippen LogP contribution in [0.25, 0.3) is 0 Å². The van der Waals surface area contributed by atoms with Crippen LogP contribution in [0.15, 0.2) is 72.8 Å². The van der Waals surface area contributed by atoms with E-state index in [4.69, 9.17) is 4.89 Å². The number of rotatable bonds is 11. The first-order chi connectivity index (χ1) is 18.5. The van der Waals surface area contributed by atoms with E-state index < -0.39 is 5.97 Å². The molecule has 0 aliphatic rings. The average Bonchev–Trinajstić information content (AvgIpc) is 2.94. The number of amides is 2. The third-order valence-corrected chi connectivity index (χ3v) is 5.82. The van der Waals surface area contributed by atoms with Crippen molar-refractivity contribution in [3.63, 3.8) is 0 Å². The van der Waals surface area contributed by atoms with Gasteiger partial charge in [0, 0.05) is 37.7 Å². The minimum atomic E-state index is -0.527. The predicted octanol–water partition coefficient (Wildman–Crippen LogP) is 6.41. The summed E-state index contributed by atoms with van der Waals surface area (Å²) in [6, 6.07) is 23.4. The van der Waals surface area contributed by atoms with Crippen LogP contribution in [0.4, 0.5) is 4.79 Å². The first-order valence-corrected chi connectivity index (χ1v) is 13.1. The predicted molar refractivity (Wildman–Crippen MR) is 149 cm³/mol. The Balaban J connectivity index is 1.64. The van der Waals surface area contributed by atoms with Gasteiger partial charge in [-0.3, -0.25) is 9.78 Å². The highest BCUT2D eigenvalue weighted by molar-refractivity contribution is 5.74. The second-order valence-electron chi connectivity index (χ2n) is 9.14. The fourth-order valence-corrected chi connectivity index (χ4v) is 3.71. The Morgan fingerprint density at radius 3 is 1.79 bits per heavy atom. The number of hydrogen-bond acceptors (Lipinski definition) is 4. The van der Waals surface area contributed by atoms with Crippen molar-refractivity contribution >= 4 is 12.0 Å². The minimum Gasteiger partial charge on any atom is -0.338 e. The third-order valence-electron chi connectivity index (χ3n) is 5.82. The van der Waals surface area contributed by atoms with Gasteiger partial charge < -0.3 is 10.2 Å². The quantitative estimate of drug-likeness (QED) is 0.183. The molecule has 6 nitrogen and oxygen atoms in total. The summed E-state index contributed by atoms with van der Waals surface area (Å²) >= 11 is 0. The van der Waals surface area contributed by atoms with Crippen LogP contribution >= 0.6 is 0 Å². The molecule has 0 aliphatic heterocycles. The fourth-order valence-electron chi connectivity index (χ4n) is 3.71. The maximum Gasteiger partial charge on any atom is 0.352 e. The van der Waals surface area contributed by atoms with Crippen molar-refractivity contribution in [1.82, 2.24) is 10.2 Å². The number of benzene rings is 3. The van der Waals surface area contributed by atoms with Crippen LogP contribution in [0.5, 0.6) is 5.75 Å². The SMILES string of the molecule is CCCCc1ccc(C#Cc2ccc(CN(Cc3ccc(OOC(C)=O)cc3)C(=O)NCCC)cc2)cc1. The molecular weight excluding hydrogens is 476 g/mol. The molecule has 2 amide bonds. The van der Waals surface area contributed by atoms with Gasteiger partial charge in [-0.2, -0.15) is 0 Å². The number of hydrogen-bond donors (Lipinski definition) is 1. The molecule has 3 aromatic carbocycles. The zero-order valence-corrected chi connectivity index (χ0v) is 22.5. The minimum absolute atomic E-state index is 0.127. The Hall–Kier alpha value is -4.24. The van der Waals surface area contributed by atoms with E-state index in [9.17, 15) is 9.59 Å². The maximum atomic E-state index is 12.9. The molecule has 0 heterocycles. The molecule has 1 N–H and O–H groups in total. The van der Waals surface area contributed by atoms with Gasteiger partial charge in [0.25, 0.3) is 0 Å². The molecule has 6 heteroatoms. The van der Waals surface area contributed by atoms with Crippen molar-refractivity contribution in [3.8, 4) is 17.6 Å². The van der Waals surface area contributed by atoms with Crippen LogP contribution in [0.1, 0.15) is 67.9 Å². The first kappa shape index (κ1) is 28.3. The molecule has 0 spiro atoms. The number of aryl methyl sites for hydroxylation is 1. The molecule has 198 valence electrons. The molecule has 0 bridgehead atoms. The van der Waals surface area contributed by atoms with Gasteiger partial charge in [0.2, 0.25) is 0 Å². The third kappa shape index (κ3) is 9.67. The van der Waals surface area contributed by atoms with Gasteiger partial charge in [0.05, 0.1) is 0 Å². The Morgan fingerprint density at radius 2 is 1.29 bits per heavy atom. The lowest BCUT2D eigenvalue weighted by Crippen LogP contribution is -2.39. The molecular formula is C32H36N2O4. The van der Waals surface area contributed by atoms with Crippen LogP contribution < -0.4 is 10.2 Å². The van der Waals surface area contributed by atoms with E-state index in [1.807, 2.05) is 43.3 Å². The Kier molecular flexibility index (Phi) is 11.3. The lowest BCUT2D eigenvalue weighted by atomic mass is 10.1. The van der Waals surface area contributed by atoms with Gasteiger partial charge in [0.15, 0.2) is 5.75 Å². The highest BCUT2D eigenvalue weighted by atomic mass is 17.2. The Bertz CT molecular complexity index is 1220. The van der Waals surface area contributed by atoms with E-state index in [1.54, 1.807) is 17.0 Å². The summed E-state index contributed by atoms with van der Waals surface area (Å²) in [7, 11) is 0. The van der Waals surface area contributed by atoms with Crippen LogP contribution in [0.2, 0.25) is 0 Å². The van der Waals surface area contributed by atoms with Crippen molar-refractivity contribution in [1.29, 1.82) is 0 Å². The lowest BCUT2D eigenvalue weighted by molar-refractivity contribution is -0.210. The zero-order valence-electron chi connectivity index (χ0n) is 22.5. The topological polar surface area (TPSA) is 67.9 Å². The lowest BCUT2D eigenvalue weighted by Gasteiger charge is -2.23. The number of urea groups is 1. The molecule has 3 rings (SSSR count). The van der Waals surface area contributed by atoms with Crippen molar-refractivity contribution < 1.29 is 19.4 Å². The smallest absolute Gasteiger partial charge is 0.338 e. The molecule has 38 heavy (non-hydrogen) atoms. The van der Waals surface area contributed by atoms with E-state index in [0.29, 0.717) is 25.4 Å². The molecule has 0 aliphatic carbocycles. The van der Waals surface area contributed by atoms with Crippen molar-refractivity contribution in [2.45, 2.75) is 59.5 Å². The zero-order chi connectivity index (χ0) is 27.2. The van der Waals surface area contributed by atoms with Gasteiger partial charge in [0.1, 0.15) is 0 Å². The fraction of sp³-hybridized carbons (Fsp3) is 0.312. The number of carbonyl (C=O) groups is 2.